The Balaban J connectivity index is 1.24. The molecule has 10 heteroatoms. The van der Waals surface area contributed by atoms with Gasteiger partial charge in [-0.1, -0.05) is 0 Å². The number of rotatable bonds is 10. The highest BCUT2D eigenvalue weighted by Crippen LogP contribution is 2.38. The molecule has 2 aromatic carbocycles. The Bertz CT molecular complexity index is 1420. The molecule has 0 saturated carbocycles. The number of piperidine rings is 1. The van der Waals surface area contributed by atoms with E-state index < -0.39 is 0 Å². The van der Waals surface area contributed by atoms with Gasteiger partial charge in [0, 0.05) is 49.5 Å². The van der Waals surface area contributed by atoms with E-state index in [1.165, 1.54) is 12.8 Å². The summed E-state index contributed by atoms with van der Waals surface area (Å²) in [5.74, 6) is 2.76. The average molecular weight is 587 g/mol. The molecular weight excluding hydrogens is 544 g/mol. The lowest BCUT2D eigenvalue weighted by Gasteiger charge is -2.37. The molecule has 228 valence electrons. The minimum atomic E-state index is -0.152. The van der Waals surface area contributed by atoms with E-state index in [-0.39, 0.29) is 12.1 Å². The van der Waals surface area contributed by atoms with Gasteiger partial charge in [0.1, 0.15) is 11.8 Å². The molecular formula is C33H42N6O4. The van der Waals surface area contributed by atoms with Crippen molar-refractivity contribution in [2.24, 2.45) is 5.92 Å². The molecule has 5 rings (SSSR count). The maximum atomic E-state index is 13.0. The second-order valence-electron chi connectivity index (χ2n) is 11.5. The van der Waals surface area contributed by atoms with Gasteiger partial charge >= 0.3 is 6.03 Å². The predicted octanol–water partition coefficient (Wildman–Crippen LogP) is 5.41. The third-order valence-electron chi connectivity index (χ3n) is 8.02. The first kappa shape index (κ1) is 30.2. The van der Waals surface area contributed by atoms with Crippen molar-refractivity contribution in [3.05, 3.63) is 48.2 Å². The van der Waals surface area contributed by atoms with Crippen LogP contribution in [0, 0.1) is 17.2 Å². The van der Waals surface area contributed by atoms with Gasteiger partial charge in [0.15, 0.2) is 11.5 Å². The summed E-state index contributed by atoms with van der Waals surface area (Å²) >= 11 is 0. The number of nitriles is 1. The molecule has 2 aliphatic heterocycles. The summed E-state index contributed by atoms with van der Waals surface area (Å²) in [5, 5.41) is 17.2. The number of pyridine rings is 1. The first-order valence-electron chi connectivity index (χ1n) is 15.3. The van der Waals surface area contributed by atoms with E-state index >= 15 is 0 Å². The van der Waals surface area contributed by atoms with Crippen molar-refractivity contribution < 1.29 is 19.0 Å². The van der Waals surface area contributed by atoms with Gasteiger partial charge in [0.25, 0.3) is 0 Å². The van der Waals surface area contributed by atoms with Gasteiger partial charge in [-0.2, -0.15) is 5.26 Å². The lowest BCUT2D eigenvalue weighted by Crippen LogP contribution is -2.50. The van der Waals surface area contributed by atoms with E-state index in [0.717, 1.165) is 48.3 Å². The Labute approximate surface area is 253 Å². The number of nitrogens with one attached hydrogen (secondary N) is 2. The van der Waals surface area contributed by atoms with E-state index in [1.807, 2.05) is 50.2 Å². The second-order valence-corrected chi connectivity index (χ2v) is 11.5. The number of aromatic nitrogens is 1. The van der Waals surface area contributed by atoms with Crippen LogP contribution in [0.5, 0.6) is 17.2 Å². The normalized spacial score (nSPS) is 17.0. The number of methoxy groups -OCH3 is 1. The Morgan fingerprint density at radius 1 is 1.16 bits per heavy atom. The summed E-state index contributed by atoms with van der Waals surface area (Å²) in [6.07, 6.45) is 6.35. The van der Waals surface area contributed by atoms with Crippen molar-refractivity contribution in [3.63, 3.8) is 0 Å². The molecule has 0 radical (unpaired) electrons. The molecule has 1 unspecified atom stereocenters. The zero-order chi connectivity index (χ0) is 30.2. The van der Waals surface area contributed by atoms with E-state index in [0.29, 0.717) is 61.5 Å². The average Bonchev–Trinajstić information content (AvgIpc) is 3.03. The maximum absolute atomic E-state index is 13.0. The van der Waals surface area contributed by atoms with Crippen LogP contribution in [-0.4, -0.2) is 75.0 Å². The molecule has 3 aromatic rings. The minimum Gasteiger partial charge on any atom is -0.493 e. The lowest BCUT2D eigenvalue weighted by atomic mass is 9.95. The van der Waals surface area contributed by atoms with Crippen LogP contribution in [0.1, 0.15) is 45.1 Å². The quantitative estimate of drug-likeness (QED) is 0.303. The minimum absolute atomic E-state index is 0.0890. The number of benzene rings is 2. The van der Waals surface area contributed by atoms with Crippen molar-refractivity contribution >= 4 is 28.3 Å². The van der Waals surface area contributed by atoms with Crippen molar-refractivity contribution in [2.45, 2.75) is 45.6 Å². The zero-order valence-electron chi connectivity index (χ0n) is 25.4. The topological polar surface area (TPSA) is 112 Å². The predicted molar refractivity (Wildman–Crippen MR) is 168 cm³/mol. The zero-order valence-corrected chi connectivity index (χ0v) is 25.4. The van der Waals surface area contributed by atoms with Crippen LogP contribution in [0.25, 0.3) is 10.9 Å². The van der Waals surface area contributed by atoms with E-state index in [2.05, 4.69) is 26.6 Å². The number of ether oxygens (including phenoxy) is 3. The number of hydrogen-bond acceptors (Lipinski definition) is 8. The maximum Gasteiger partial charge on any atom is 0.321 e. The number of carbonyl (C=O) groups excluding carboxylic acids is 1. The SMILES string of the molecule is COc1cc2c(N3CCN(C(=O)Nc4ccc(OC(C)C)cc4)CC3)c(C#N)cnc2cc1OCCCC1CCCNC1. The molecule has 43 heavy (non-hydrogen) atoms. The van der Waals surface area contributed by atoms with Crippen LogP contribution in [0.3, 0.4) is 0 Å². The summed E-state index contributed by atoms with van der Waals surface area (Å²) in [7, 11) is 1.63. The fourth-order valence-electron chi connectivity index (χ4n) is 5.83. The summed E-state index contributed by atoms with van der Waals surface area (Å²) in [5.41, 5.74) is 2.76. The highest BCUT2D eigenvalue weighted by atomic mass is 16.5. The summed E-state index contributed by atoms with van der Waals surface area (Å²) in [6, 6.07) is 13.4. The van der Waals surface area contributed by atoms with Gasteiger partial charge < -0.3 is 34.6 Å². The number of anilines is 2. The van der Waals surface area contributed by atoms with Gasteiger partial charge in [-0.15, -0.1) is 0 Å². The Morgan fingerprint density at radius 3 is 2.63 bits per heavy atom. The van der Waals surface area contributed by atoms with E-state index in [4.69, 9.17) is 14.2 Å². The first-order chi connectivity index (χ1) is 20.9. The molecule has 2 saturated heterocycles. The fourth-order valence-corrected chi connectivity index (χ4v) is 5.83. The third kappa shape index (κ3) is 7.59. The summed E-state index contributed by atoms with van der Waals surface area (Å²) in [6.45, 7) is 8.98. The van der Waals surface area contributed by atoms with Crippen LogP contribution in [-0.2, 0) is 0 Å². The number of nitrogens with zero attached hydrogens (tertiary/aromatic N) is 4. The van der Waals surface area contributed by atoms with E-state index in [1.54, 1.807) is 18.2 Å². The molecule has 1 atom stereocenters. The number of amides is 2. The van der Waals surface area contributed by atoms with Crippen LogP contribution in [0.15, 0.2) is 42.6 Å². The number of fused-ring (bicyclic) bond motifs is 1. The van der Waals surface area contributed by atoms with Crippen molar-refractivity contribution in [1.29, 1.82) is 5.26 Å². The summed E-state index contributed by atoms with van der Waals surface area (Å²) in [4.78, 5) is 21.5. The highest BCUT2D eigenvalue weighted by molar-refractivity contribution is 5.97. The number of urea groups is 1. The van der Waals surface area contributed by atoms with Crippen LogP contribution in [0.4, 0.5) is 16.2 Å². The standard InChI is InChI=1S/C33H42N6O4/c1-23(2)43-27-10-8-26(9-11-27)37-33(40)39-15-13-38(14-16-39)32-25(20-34)22-36-29-19-31(30(41-3)18-28(29)32)42-17-5-7-24-6-4-12-35-21-24/h8-11,18-19,22-24,35H,4-7,12-17,21H2,1-3H3,(H,37,40). The molecule has 0 aliphatic carbocycles. The fraction of sp³-hybridized carbons (Fsp3) is 0.485. The van der Waals surface area contributed by atoms with Gasteiger partial charge in [-0.25, -0.2) is 4.79 Å². The Hall–Kier alpha value is -4.23. The summed E-state index contributed by atoms with van der Waals surface area (Å²) < 4.78 is 17.6. The number of carbonyl (C=O) groups is 1. The first-order valence-corrected chi connectivity index (χ1v) is 15.3. The molecule has 2 aliphatic rings. The molecule has 0 bridgehead atoms. The van der Waals surface area contributed by atoms with Crippen LogP contribution < -0.4 is 29.7 Å². The molecule has 2 N–H and O–H groups in total. The van der Waals surface area contributed by atoms with Gasteiger partial charge in [-0.3, -0.25) is 4.98 Å². The smallest absolute Gasteiger partial charge is 0.321 e. The van der Waals surface area contributed by atoms with Crippen molar-refractivity contribution in [2.75, 3.05) is 63.2 Å². The lowest BCUT2D eigenvalue weighted by molar-refractivity contribution is 0.208. The van der Waals surface area contributed by atoms with Crippen molar-refractivity contribution in [3.8, 4) is 23.3 Å². The van der Waals surface area contributed by atoms with Gasteiger partial charge in [0.2, 0.25) is 0 Å². The molecule has 1 aromatic heterocycles. The third-order valence-corrected chi connectivity index (χ3v) is 8.02. The monoisotopic (exact) mass is 586 g/mol. The molecule has 2 amide bonds. The number of piperazine rings is 1. The van der Waals surface area contributed by atoms with Crippen LogP contribution >= 0.6 is 0 Å². The van der Waals surface area contributed by atoms with Gasteiger partial charge in [0.05, 0.1) is 36.6 Å². The van der Waals surface area contributed by atoms with E-state index in [9.17, 15) is 10.1 Å². The molecule has 10 nitrogen and oxygen atoms in total. The van der Waals surface area contributed by atoms with Crippen molar-refractivity contribution in [1.82, 2.24) is 15.2 Å². The highest BCUT2D eigenvalue weighted by Gasteiger charge is 2.25. The Morgan fingerprint density at radius 2 is 1.95 bits per heavy atom. The second kappa shape index (κ2) is 14.3. The Kier molecular flexibility index (Phi) is 10.1. The largest absolute Gasteiger partial charge is 0.493 e. The van der Waals surface area contributed by atoms with Crippen LogP contribution in [0.2, 0.25) is 0 Å². The molecule has 2 fully saturated rings. The molecule has 3 heterocycles. The molecule has 0 spiro atoms. The van der Waals surface area contributed by atoms with Gasteiger partial charge in [-0.05, 0) is 88.9 Å². The number of hydrogen-bond donors (Lipinski definition) is 2.